The summed E-state index contributed by atoms with van der Waals surface area (Å²) in [5, 5.41) is 6.66. The van der Waals surface area contributed by atoms with Gasteiger partial charge in [0.25, 0.3) is 0 Å². The summed E-state index contributed by atoms with van der Waals surface area (Å²) in [5.41, 5.74) is -0.335. The second kappa shape index (κ2) is 6.71. The highest BCUT2D eigenvalue weighted by Gasteiger charge is 2.35. The zero-order valence-corrected chi connectivity index (χ0v) is 12.5. The molecule has 4 heteroatoms. The minimum atomic E-state index is -0.335. The lowest BCUT2D eigenvalue weighted by molar-refractivity contribution is -0.129. The smallest absolute Gasteiger partial charge is 0.240 e. The lowest BCUT2D eigenvalue weighted by Crippen LogP contribution is -2.59. The molecule has 2 saturated heterocycles. The van der Waals surface area contributed by atoms with Crippen LogP contribution in [-0.2, 0) is 4.79 Å². The third-order valence-electron chi connectivity index (χ3n) is 4.58. The van der Waals surface area contributed by atoms with Gasteiger partial charge >= 0.3 is 0 Å². The van der Waals surface area contributed by atoms with Crippen LogP contribution in [0.15, 0.2) is 0 Å². The lowest BCUT2D eigenvalue weighted by atomic mass is 9.89. The zero-order chi connectivity index (χ0) is 13.7. The standard InChI is InChI=1S/C15H29N3O/c1-3-10-18-11-6-13(7-12-18)17-14(19)15(2)8-4-5-9-16-15/h13,16H,3-12H2,1-2H3,(H,17,19). The quantitative estimate of drug-likeness (QED) is 0.811. The molecule has 0 aromatic rings. The van der Waals surface area contributed by atoms with E-state index in [4.69, 9.17) is 0 Å². The Hall–Kier alpha value is -0.610. The van der Waals surface area contributed by atoms with Gasteiger partial charge in [-0.3, -0.25) is 4.79 Å². The second-order valence-electron chi connectivity index (χ2n) is 6.31. The van der Waals surface area contributed by atoms with Gasteiger partial charge in [-0.15, -0.1) is 0 Å². The Balaban J connectivity index is 1.77. The number of nitrogens with zero attached hydrogens (tertiary/aromatic N) is 1. The van der Waals surface area contributed by atoms with Crippen molar-refractivity contribution in [2.24, 2.45) is 0 Å². The highest BCUT2D eigenvalue weighted by atomic mass is 16.2. The SMILES string of the molecule is CCCN1CCC(NC(=O)C2(C)CCCCN2)CC1. The summed E-state index contributed by atoms with van der Waals surface area (Å²) in [6.07, 6.45) is 6.74. The van der Waals surface area contributed by atoms with Gasteiger partial charge in [0.2, 0.25) is 5.91 Å². The Morgan fingerprint density at radius 3 is 2.68 bits per heavy atom. The molecule has 0 bridgehead atoms. The predicted molar refractivity (Wildman–Crippen MR) is 78.2 cm³/mol. The van der Waals surface area contributed by atoms with Crippen LogP contribution < -0.4 is 10.6 Å². The third kappa shape index (κ3) is 3.93. The maximum absolute atomic E-state index is 12.4. The van der Waals surface area contributed by atoms with Gasteiger partial charge in [0.15, 0.2) is 0 Å². The van der Waals surface area contributed by atoms with E-state index in [9.17, 15) is 4.79 Å². The summed E-state index contributed by atoms with van der Waals surface area (Å²) < 4.78 is 0. The molecule has 2 fully saturated rings. The summed E-state index contributed by atoms with van der Waals surface area (Å²) in [6, 6.07) is 0.376. The van der Waals surface area contributed by atoms with Crippen LogP contribution in [0.25, 0.3) is 0 Å². The van der Waals surface area contributed by atoms with Crippen molar-refractivity contribution in [1.29, 1.82) is 0 Å². The van der Waals surface area contributed by atoms with Crippen molar-refractivity contribution in [3.63, 3.8) is 0 Å². The Labute approximate surface area is 117 Å². The topological polar surface area (TPSA) is 44.4 Å². The summed E-state index contributed by atoms with van der Waals surface area (Å²) in [6.45, 7) is 8.70. The molecule has 2 heterocycles. The fourth-order valence-corrected chi connectivity index (χ4v) is 3.21. The number of hydrogen-bond donors (Lipinski definition) is 2. The average molecular weight is 267 g/mol. The second-order valence-corrected chi connectivity index (χ2v) is 6.31. The van der Waals surface area contributed by atoms with Crippen molar-refractivity contribution in [1.82, 2.24) is 15.5 Å². The van der Waals surface area contributed by atoms with Crippen LogP contribution in [0.3, 0.4) is 0 Å². The number of nitrogens with one attached hydrogen (secondary N) is 2. The first kappa shape index (κ1) is 14.8. The van der Waals surface area contributed by atoms with Gasteiger partial charge in [-0.2, -0.15) is 0 Å². The number of hydrogen-bond acceptors (Lipinski definition) is 3. The van der Waals surface area contributed by atoms with Crippen LogP contribution in [0.4, 0.5) is 0 Å². The summed E-state index contributed by atoms with van der Waals surface area (Å²) in [7, 11) is 0. The van der Waals surface area contributed by atoms with Crippen LogP contribution >= 0.6 is 0 Å². The molecule has 0 spiro atoms. The number of amides is 1. The van der Waals surface area contributed by atoms with Gasteiger partial charge in [0.1, 0.15) is 0 Å². The maximum Gasteiger partial charge on any atom is 0.240 e. The van der Waals surface area contributed by atoms with Crippen molar-refractivity contribution < 1.29 is 4.79 Å². The van der Waals surface area contributed by atoms with Crippen molar-refractivity contribution in [3.05, 3.63) is 0 Å². The van der Waals surface area contributed by atoms with Crippen LogP contribution in [-0.4, -0.2) is 48.6 Å². The van der Waals surface area contributed by atoms with Crippen molar-refractivity contribution in [3.8, 4) is 0 Å². The van der Waals surface area contributed by atoms with E-state index in [1.54, 1.807) is 0 Å². The molecule has 110 valence electrons. The zero-order valence-electron chi connectivity index (χ0n) is 12.5. The minimum Gasteiger partial charge on any atom is -0.352 e. The molecule has 1 amide bonds. The van der Waals surface area contributed by atoms with Crippen molar-refractivity contribution in [2.45, 2.75) is 64.0 Å². The van der Waals surface area contributed by atoms with Gasteiger partial charge in [0.05, 0.1) is 5.54 Å². The van der Waals surface area contributed by atoms with E-state index in [1.807, 2.05) is 6.92 Å². The van der Waals surface area contributed by atoms with Crippen LogP contribution in [0, 0.1) is 0 Å². The molecule has 2 aliphatic heterocycles. The van der Waals surface area contributed by atoms with Crippen LogP contribution in [0.5, 0.6) is 0 Å². The molecule has 1 atom stereocenters. The molecule has 19 heavy (non-hydrogen) atoms. The third-order valence-corrected chi connectivity index (χ3v) is 4.58. The number of carbonyl (C=O) groups is 1. The molecule has 2 rings (SSSR count). The van der Waals surface area contributed by atoms with Crippen molar-refractivity contribution in [2.75, 3.05) is 26.2 Å². The predicted octanol–water partition coefficient (Wildman–Crippen LogP) is 1.51. The Bertz CT molecular complexity index is 292. The molecule has 0 aromatic heterocycles. The molecule has 1 unspecified atom stereocenters. The number of likely N-dealkylation sites (tertiary alicyclic amines) is 1. The van der Waals surface area contributed by atoms with Crippen LogP contribution in [0.1, 0.15) is 52.4 Å². The van der Waals surface area contributed by atoms with Crippen molar-refractivity contribution >= 4 is 5.91 Å². The first-order valence-electron chi connectivity index (χ1n) is 7.92. The first-order valence-corrected chi connectivity index (χ1v) is 7.92. The minimum absolute atomic E-state index is 0.209. The molecular formula is C15H29N3O. The summed E-state index contributed by atoms with van der Waals surface area (Å²) in [4.78, 5) is 14.9. The van der Waals surface area contributed by atoms with Gasteiger partial charge in [-0.05, 0) is 58.5 Å². The molecule has 2 aliphatic rings. The molecule has 0 aromatic carbocycles. The van der Waals surface area contributed by atoms with E-state index in [2.05, 4.69) is 22.5 Å². The molecular weight excluding hydrogens is 238 g/mol. The fraction of sp³-hybridized carbons (Fsp3) is 0.933. The first-order chi connectivity index (χ1) is 9.14. The monoisotopic (exact) mass is 267 g/mol. The summed E-state index contributed by atoms with van der Waals surface area (Å²) >= 11 is 0. The van der Waals surface area contributed by atoms with E-state index in [-0.39, 0.29) is 11.4 Å². The molecule has 0 aliphatic carbocycles. The molecule has 0 saturated carbocycles. The van der Waals surface area contributed by atoms with E-state index >= 15 is 0 Å². The average Bonchev–Trinajstić information content (AvgIpc) is 2.42. The molecule has 4 nitrogen and oxygen atoms in total. The van der Waals surface area contributed by atoms with Gasteiger partial charge < -0.3 is 15.5 Å². The molecule has 2 N–H and O–H groups in total. The van der Waals surface area contributed by atoms with Gasteiger partial charge in [-0.1, -0.05) is 6.92 Å². The summed E-state index contributed by atoms with van der Waals surface area (Å²) in [5.74, 6) is 0.209. The van der Waals surface area contributed by atoms with E-state index < -0.39 is 0 Å². The fourth-order valence-electron chi connectivity index (χ4n) is 3.21. The van der Waals surface area contributed by atoms with E-state index in [0.29, 0.717) is 6.04 Å². The van der Waals surface area contributed by atoms with Gasteiger partial charge in [0, 0.05) is 19.1 Å². The maximum atomic E-state index is 12.4. The van der Waals surface area contributed by atoms with E-state index in [1.165, 1.54) is 19.4 Å². The Morgan fingerprint density at radius 2 is 2.11 bits per heavy atom. The molecule has 0 radical (unpaired) electrons. The lowest BCUT2D eigenvalue weighted by Gasteiger charge is -2.37. The Kier molecular flexibility index (Phi) is 5.22. The number of carbonyl (C=O) groups excluding carboxylic acids is 1. The van der Waals surface area contributed by atoms with Crippen LogP contribution in [0.2, 0.25) is 0 Å². The van der Waals surface area contributed by atoms with Gasteiger partial charge in [-0.25, -0.2) is 0 Å². The Morgan fingerprint density at radius 1 is 1.37 bits per heavy atom. The number of rotatable bonds is 4. The normalized spacial score (nSPS) is 30.2. The highest BCUT2D eigenvalue weighted by molar-refractivity contribution is 5.86. The van der Waals surface area contributed by atoms with E-state index in [0.717, 1.165) is 45.3 Å². The number of piperidine rings is 2. The largest absolute Gasteiger partial charge is 0.352 e. The highest BCUT2D eigenvalue weighted by Crippen LogP contribution is 2.20.